The van der Waals surface area contributed by atoms with E-state index in [2.05, 4.69) is 10.3 Å². The average molecular weight is 258 g/mol. The van der Waals surface area contributed by atoms with Gasteiger partial charge in [-0.3, -0.25) is 4.79 Å². The lowest BCUT2D eigenvalue weighted by atomic mass is 10.2. The van der Waals surface area contributed by atoms with Crippen LogP contribution in [-0.2, 0) is 4.74 Å². The van der Waals surface area contributed by atoms with E-state index in [1.807, 2.05) is 0 Å². The summed E-state index contributed by atoms with van der Waals surface area (Å²) in [6.07, 6.45) is 0. The molecule has 94 valence electrons. The van der Waals surface area contributed by atoms with Crippen LogP contribution in [-0.4, -0.2) is 50.1 Å². The van der Waals surface area contributed by atoms with E-state index in [0.29, 0.717) is 29.7 Å². The number of halogens is 1. The average Bonchev–Trinajstić information content (AvgIpc) is 2.34. The number of carbonyl (C=O) groups excluding carboxylic acids is 1. The van der Waals surface area contributed by atoms with Gasteiger partial charge in [0.25, 0.3) is 5.91 Å². The van der Waals surface area contributed by atoms with E-state index in [1.165, 1.54) is 0 Å². The summed E-state index contributed by atoms with van der Waals surface area (Å²) >= 11 is 5.84. The van der Waals surface area contributed by atoms with Crippen LogP contribution in [0.15, 0.2) is 12.1 Å². The lowest BCUT2D eigenvalue weighted by Crippen LogP contribution is -2.30. The molecule has 1 aromatic rings. The molecule has 1 aromatic heterocycles. The number of methoxy groups -OCH3 is 1. The maximum Gasteiger partial charge on any atom is 0.253 e. The molecule has 1 rings (SSSR count). The molecule has 0 bridgehead atoms. The number of hydrogen-bond acceptors (Lipinski definition) is 4. The molecular formula is C11H16ClN3O2. The smallest absolute Gasteiger partial charge is 0.253 e. The predicted octanol–water partition coefficient (Wildman–Crippen LogP) is 1.50. The summed E-state index contributed by atoms with van der Waals surface area (Å²) in [6, 6.07) is 3.21. The minimum absolute atomic E-state index is 0.108. The summed E-state index contributed by atoms with van der Waals surface area (Å²) in [5, 5.41) is 3.15. The second-order valence-electron chi connectivity index (χ2n) is 3.53. The molecule has 0 saturated heterocycles. The van der Waals surface area contributed by atoms with Gasteiger partial charge in [0.2, 0.25) is 0 Å². The predicted molar refractivity (Wildman–Crippen MR) is 67.6 cm³/mol. The highest BCUT2D eigenvalue weighted by Gasteiger charge is 2.13. The van der Waals surface area contributed by atoms with Crippen LogP contribution in [0.4, 0.5) is 5.82 Å². The molecule has 6 heteroatoms. The Labute approximate surface area is 106 Å². The number of likely N-dealkylation sites (N-methyl/N-ethyl adjacent to an activating group) is 1. The second kappa shape index (κ2) is 6.42. The van der Waals surface area contributed by atoms with Crippen molar-refractivity contribution in [2.45, 2.75) is 0 Å². The van der Waals surface area contributed by atoms with Crippen LogP contribution in [0, 0.1) is 0 Å². The topological polar surface area (TPSA) is 54.5 Å². The van der Waals surface area contributed by atoms with Crippen molar-refractivity contribution in [1.29, 1.82) is 0 Å². The molecule has 0 radical (unpaired) electrons. The third-order valence-corrected chi connectivity index (χ3v) is 2.47. The van der Waals surface area contributed by atoms with Crippen molar-refractivity contribution in [2.24, 2.45) is 0 Å². The van der Waals surface area contributed by atoms with Crippen molar-refractivity contribution in [2.75, 3.05) is 39.7 Å². The van der Waals surface area contributed by atoms with Crippen molar-refractivity contribution >= 4 is 23.3 Å². The summed E-state index contributed by atoms with van der Waals surface area (Å²) in [5.41, 5.74) is 0.507. The van der Waals surface area contributed by atoms with E-state index in [0.717, 1.165) is 0 Å². The zero-order valence-corrected chi connectivity index (χ0v) is 10.9. The summed E-state index contributed by atoms with van der Waals surface area (Å²) in [5.74, 6) is 0.462. The highest BCUT2D eigenvalue weighted by molar-refractivity contribution is 6.29. The molecule has 0 fully saturated rings. The zero-order valence-electron chi connectivity index (χ0n) is 10.2. The van der Waals surface area contributed by atoms with Gasteiger partial charge >= 0.3 is 0 Å². The number of hydrogen-bond donors (Lipinski definition) is 1. The molecule has 17 heavy (non-hydrogen) atoms. The minimum Gasteiger partial charge on any atom is -0.383 e. The minimum atomic E-state index is -0.108. The highest BCUT2D eigenvalue weighted by Crippen LogP contribution is 2.15. The van der Waals surface area contributed by atoms with Gasteiger partial charge in [0.15, 0.2) is 0 Å². The van der Waals surface area contributed by atoms with Crippen molar-refractivity contribution in [3.8, 4) is 0 Å². The van der Waals surface area contributed by atoms with Gasteiger partial charge in [-0.25, -0.2) is 4.98 Å². The van der Waals surface area contributed by atoms with E-state index >= 15 is 0 Å². The molecule has 0 spiro atoms. The van der Waals surface area contributed by atoms with Crippen molar-refractivity contribution in [3.63, 3.8) is 0 Å². The Morgan fingerprint density at radius 1 is 1.59 bits per heavy atom. The fourth-order valence-electron chi connectivity index (χ4n) is 1.30. The lowest BCUT2D eigenvalue weighted by Gasteiger charge is -2.17. The van der Waals surface area contributed by atoms with Crippen LogP contribution in [0.3, 0.4) is 0 Å². The number of pyridine rings is 1. The highest BCUT2D eigenvalue weighted by atomic mass is 35.5. The third-order valence-electron chi connectivity index (χ3n) is 2.27. The summed E-state index contributed by atoms with van der Waals surface area (Å²) < 4.78 is 4.92. The summed E-state index contributed by atoms with van der Waals surface area (Å²) in [6.45, 7) is 1.03. The summed E-state index contributed by atoms with van der Waals surface area (Å²) in [7, 11) is 5.04. The number of ether oxygens (including phenoxy) is 1. The van der Waals surface area contributed by atoms with Gasteiger partial charge in [-0.05, 0) is 12.1 Å². The fraction of sp³-hybridized carbons (Fsp3) is 0.455. The van der Waals surface area contributed by atoms with E-state index in [9.17, 15) is 4.79 Å². The second-order valence-corrected chi connectivity index (χ2v) is 3.92. The molecule has 0 aromatic carbocycles. The molecular weight excluding hydrogens is 242 g/mol. The van der Waals surface area contributed by atoms with Gasteiger partial charge in [-0.1, -0.05) is 11.6 Å². The Morgan fingerprint density at radius 3 is 2.88 bits per heavy atom. The maximum atomic E-state index is 12.0. The Balaban J connectivity index is 2.84. The number of carbonyl (C=O) groups is 1. The van der Waals surface area contributed by atoms with Crippen LogP contribution in [0.2, 0.25) is 5.15 Å². The quantitative estimate of drug-likeness (QED) is 0.812. The first-order valence-corrected chi connectivity index (χ1v) is 5.56. The zero-order chi connectivity index (χ0) is 12.8. The molecule has 0 aliphatic rings. The number of aromatic nitrogens is 1. The molecule has 1 heterocycles. The molecule has 0 aliphatic heterocycles. The fourth-order valence-corrected chi connectivity index (χ4v) is 1.51. The van der Waals surface area contributed by atoms with E-state index in [4.69, 9.17) is 16.3 Å². The lowest BCUT2D eigenvalue weighted by molar-refractivity contribution is 0.0744. The van der Waals surface area contributed by atoms with Crippen molar-refractivity contribution < 1.29 is 9.53 Å². The number of amides is 1. The van der Waals surface area contributed by atoms with Crippen molar-refractivity contribution in [3.05, 3.63) is 22.8 Å². The third kappa shape index (κ3) is 3.87. The Hall–Kier alpha value is -1.33. The van der Waals surface area contributed by atoms with Crippen molar-refractivity contribution in [1.82, 2.24) is 9.88 Å². The van der Waals surface area contributed by atoms with E-state index in [1.54, 1.807) is 38.2 Å². The van der Waals surface area contributed by atoms with Gasteiger partial charge in [0.05, 0.1) is 6.61 Å². The monoisotopic (exact) mass is 257 g/mol. The van der Waals surface area contributed by atoms with Crippen LogP contribution < -0.4 is 5.32 Å². The van der Waals surface area contributed by atoms with Crippen LogP contribution in [0.25, 0.3) is 0 Å². The van der Waals surface area contributed by atoms with E-state index in [-0.39, 0.29) is 5.91 Å². The van der Waals surface area contributed by atoms with Gasteiger partial charge in [0, 0.05) is 33.3 Å². The largest absolute Gasteiger partial charge is 0.383 e. The van der Waals surface area contributed by atoms with Gasteiger partial charge < -0.3 is 15.0 Å². The van der Waals surface area contributed by atoms with Crippen LogP contribution in [0.1, 0.15) is 10.4 Å². The molecule has 1 N–H and O–H groups in total. The first kappa shape index (κ1) is 13.7. The van der Waals surface area contributed by atoms with Crippen LogP contribution in [0.5, 0.6) is 0 Å². The molecule has 5 nitrogen and oxygen atoms in total. The molecule has 0 aliphatic carbocycles. The standard InChI is InChI=1S/C11H16ClN3O2/c1-13-10-7-8(6-9(12)14-10)11(16)15(2)4-5-17-3/h6-7H,4-5H2,1-3H3,(H,13,14). The normalized spacial score (nSPS) is 10.1. The Kier molecular flexibility index (Phi) is 5.18. The molecule has 0 unspecified atom stereocenters. The van der Waals surface area contributed by atoms with Gasteiger partial charge in [-0.15, -0.1) is 0 Å². The number of anilines is 1. The Bertz CT molecular complexity index is 398. The SMILES string of the molecule is CNc1cc(C(=O)N(C)CCOC)cc(Cl)n1. The van der Waals surface area contributed by atoms with Gasteiger partial charge in [0.1, 0.15) is 11.0 Å². The molecule has 0 saturated carbocycles. The van der Waals surface area contributed by atoms with Gasteiger partial charge in [-0.2, -0.15) is 0 Å². The summed E-state index contributed by atoms with van der Waals surface area (Å²) in [4.78, 5) is 17.6. The Morgan fingerprint density at radius 2 is 2.29 bits per heavy atom. The first-order valence-electron chi connectivity index (χ1n) is 5.18. The van der Waals surface area contributed by atoms with Crippen LogP contribution >= 0.6 is 11.6 Å². The maximum absolute atomic E-state index is 12.0. The van der Waals surface area contributed by atoms with E-state index < -0.39 is 0 Å². The first-order chi connectivity index (χ1) is 8.08. The number of rotatable bonds is 5. The molecule has 0 atom stereocenters. The number of nitrogens with zero attached hydrogens (tertiary/aromatic N) is 2. The number of nitrogens with one attached hydrogen (secondary N) is 1. The molecule has 1 amide bonds.